The van der Waals surface area contributed by atoms with Crippen LogP contribution in [-0.4, -0.2) is 18.6 Å². The molecular formula is C12H15ClN2O. The van der Waals surface area contributed by atoms with Crippen molar-refractivity contribution in [1.29, 1.82) is 0 Å². The van der Waals surface area contributed by atoms with Crippen LogP contribution in [0.3, 0.4) is 0 Å². The molecule has 0 saturated carbocycles. The van der Waals surface area contributed by atoms with Crippen molar-refractivity contribution in [1.82, 2.24) is 4.98 Å². The zero-order valence-corrected chi connectivity index (χ0v) is 10.2. The summed E-state index contributed by atoms with van der Waals surface area (Å²) in [6.07, 6.45) is 0.818. The fraction of sp³-hybridized carbons (Fsp3) is 0.333. The van der Waals surface area contributed by atoms with Crippen molar-refractivity contribution < 1.29 is 4.74 Å². The number of H-pyrrole nitrogens is 1. The Morgan fingerprint density at radius 3 is 2.81 bits per heavy atom. The van der Waals surface area contributed by atoms with Crippen molar-refractivity contribution in [3.8, 4) is 5.75 Å². The Labute approximate surface area is 99.5 Å². The second-order valence-corrected chi connectivity index (χ2v) is 4.17. The first-order valence-corrected chi connectivity index (χ1v) is 5.60. The van der Waals surface area contributed by atoms with Gasteiger partial charge in [-0.1, -0.05) is 11.6 Å². The second-order valence-electron chi connectivity index (χ2n) is 3.77. The summed E-state index contributed by atoms with van der Waals surface area (Å²) in [7, 11) is 1.65. The largest absolute Gasteiger partial charge is 0.495 e. The average molecular weight is 239 g/mol. The maximum Gasteiger partial charge on any atom is 0.143 e. The molecule has 1 aromatic carbocycles. The van der Waals surface area contributed by atoms with Gasteiger partial charge in [0.1, 0.15) is 5.75 Å². The molecule has 0 spiro atoms. The van der Waals surface area contributed by atoms with E-state index in [2.05, 4.69) is 4.98 Å². The Bertz CT molecular complexity index is 519. The number of hydrogen-bond donors (Lipinski definition) is 2. The van der Waals surface area contributed by atoms with Gasteiger partial charge in [-0.05, 0) is 37.6 Å². The predicted molar refractivity (Wildman–Crippen MR) is 67.4 cm³/mol. The first kappa shape index (κ1) is 11.3. The van der Waals surface area contributed by atoms with Gasteiger partial charge in [-0.3, -0.25) is 0 Å². The molecule has 0 bridgehead atoms. The molecule has 1 aromatic heterocycles. The van der Waals surface area contributed by atoms with Crippen LogP contribution in [0.1, 0.15) is 11.3 Å². The molecule has 0 unspecified atom stereocenters. The third kappa shape index (κ3) is 1.66. The summed E-state index contributed by atoms with van der Waals surface area (Å²) in [5, 5.41) is 1.77. The van der Waals surface area contributed by atoms with Gasteiger partial charge in [-0.25, -0.2) is 0 Å². The van der Waals surface area contributed by atoms with Crippen molar-refractivity contribution in [2.24, 2.45) is 5.73 Å². The fourth-order valence-corrected chi connectivity index (χ4v) is 2.33. The molecule has 16 heavy (non-hydrogen) atoms. The number of benzene rings is 1. The predicted octanol–water partition coefficient (Wildman–Crippen LogP) is 2.64. The van der Waals surface area contributed by atoms with E-state index in [-0.39, 0.29) is 0 Å². The van der Waals surface area contributed by atoms with Crippen molar-refractivity contribution >= 4 is 22.5 Å². The summed E-state index contributed by atoms with van der Waals surface area (Å²) in [4.78, 5) is 3.31. The Balaban J connectivity index is 2.76. The summed E-state index contributed by atoms with van der Waals surface area (Å²) < 4.78 is 5.31. The number of methoxy groups -OCH3 is 1. The van der Waals surface area contributed by atoms with Crippen LogP contribution in [0.2, 0.25) is 5.02 Å². The highest BCUT2D eigenvalue weighted by molar-refractivity contribution is 6.36. The van der Waals surface area contributed by atoms with E-state index in [0.717, 1.165) is 33.8 Å². The Morgan fingerprint density at radius 2 is 2.19 bits per heavy atom. The topological polar surface area (TPSA) is 51.0 Å². The molecular weight excluding hydrogens is 224 g/mol. The van der Waals surface area contributed by atoms with Crippen molar-refractivity contribution in [2.75, 3.05) is 13.7 Å². The fourth-order valence-electron chi connectivity index (χ4n) is 2.05. The maximum absolute atomic E-state index is 6.22. The van der Waals surface area contributed by atoms with Crippen LogP contribution in [-0.2, 0) is 6.42 Å². The van der Waals surface area contributed by atoms with Crippen LogP contribution in [0.25, 0.3) is 10.9 Å². The lowest BCUT2D eigenvalue weighted by Gasteiger charge is -2.04. The Kier molecular flexibility index (Phi) is 3.08. The molecule has 1 heterocycles. The van der Waals surface area contributed by atoms with E-state index in [4.69, 9.17) is 22.1 Å². The average Bonchev–Trinajstić information content (AvgIpc) is 2.58. The van der Waals surface area contributed by atoms with Crippen molar-refractivity contribution in [2.45, 2.75) is 13.3 Å². The van der Waals surface area contributed by atoms with Gasteiger partial charge in [0.2, 0.25) is 0 Å². The first-order valence-electron chi connectivity index (χ1n) is 5.22. The minimum absolute atomic E-state index is 0.612. The van der Waals surface area contributed by atoms with E-state index >= 15 is 0 Å². The summed E-state index contributed by atoms with van der Waals surface area (Å²) >= 11 is 6.22. The van der Waals surface area contributed by atoms with E-state index in [9.17, 15) is 0 Å². The summed E-state index contributed by atoms with van der Waals surface area (Å²) in [6, 6.07) is 3.73. The van der Waals surface area contributed by atoms with E-state index < -0.39 is 0 Å². The summed E-state index contributed by atoms with van der Waals surface area (Å²) in [6.45, 7) is 2.64. The van der Waals surface area contributed by atoms with Crippen LogP contribution in [0.4, 0.5) is 0 Å². The van der Waals surface area contributed by atoms with Crippen LogP contribution in [0.15, 0.2) is 12.1 Å². The van der Waals surface area contributed by atoms with Gasteiger partial charge in [0.15, 0.2) is 0 Å². The minimum Gasteiger partial charge on any atom is -0.495 e. The zero-order chi connectivity index (χ0) is 11.7. The van der Waals surface area contributed by atoms with Gasteiger partial charge in [-0.15, -0.1) is 0 Å². The molecule has 86 valence electrons. The summed E-state index contributed by atoms with van der Waals surface area (Å²) in [5.74, 6) is 0.811. The highest BCUT2D eigenvalue weighted by Crippen LogP contribution is 2.35. The third-order valence-electron chi connectivity index (χ3n) is 2.80. The van der Waals surface area contributed by atoms with Crippen LogP contribution < -0.4 is 10.5 Å². The summed E-state index contributed by atoms with van der Waals surface area (Å²) in [5.41, 5.74) is 8.85. The number of rotatable bonds is 3. The van der Waals surface area contributed by atoms with E-state index in [1.807, 2.05) is 19.1 Å². The standard InChI is InChI=1S/C12H15ClN2O/c1-7-8(5-6-14)11-9(13)3-4-10(16-2)12(11)15-7/h3-4,15H,5-6,14H2,1-2H3. The smallest absolute Gasteiger partial charge is 0.143 e. The number of aromatic amines is 1. The lowest BCUT2D eigenvalue weighted by atomic mass is 10.1. The lowest BCUT2D eigenvalue weighted by Crippen LogP contribution is -2.03. The molecule has 0 aliphatic rings. The van der Waals surface area contributed by atoms with Gasteiger partial charge < -0.3 is 15.5 Å². The molecule has 0 aliphatic heterocycles. The van der Waals surface area contributed by atoms with Crippen LogP contribution in [0.5, 0.6) is 5.75 Å². The Morgan fingerprint density at radius 1 is 1.44 bits per heavy atom. The molecule has 0 radical (unpaired) electrons. The van der Waals surface area contributed by atoms with E-state index in [1.54, 1.807) is 7.11 Å². The number of nitrogens with one attached hydrogen (secondary N) is 1. The molecule has 2 rings (SSSR count). The highest BCUT2D eigenvalue weighted by Gasteiger charge is 2.14. The van der Waals surface area contributed by atoms with Gasteiger partial charge in [0.05, 0.1) is 17.6 Å². The molecule has 4 heteroatoms. The SMILES string of the molecule is COc1ccc(Cl)c2c(CCN)c(C)[nH]c12. The van der Waals surface area contributed by atoms with Gasteiger partial charge in [-0.2, -0.15) is 0 Å². The zero-order valence-electron chi connectivity index (χ0n) is 9.43. The van der Waals surface area contributed by atoms with Gasteiger partial charge in [0.25, 0.3) is 0 Å². The lowest BCUT2D eigenvalue weighted by molar-refractivity contribution is 0.419. The van der Waals surface area contributed by atoms with Crippen molar-refractivity contribution in [3.63, 3.8) is 0 Å². The first-order chi connectivity index (χ1) is 7.69. The quantitative estimate of drug-likeness (QED) is 0.864. The van der Waals surface area contributed by atoms with E-state index in [1.165, 1.54) is 5.56 Å². The van der Waals surface area contributed by atoms with Crippen LogP contribution >= 0.6 is 11.6 Å². The molecule has 0 saturated heterocycles. The maximum atomic E-state index is 6.22. The highest BCUT2D eigenvalue weighted by atomic mass is 35.5. The van der Waals surface area contributed by atoms with Crippen molar-refractivity contribution in [3.05, 3.63) is 28.4 Å². The molecule has 2 aromatic rings. The third-order valence-corrected chi connectivity index (χ3v) is 3.11. The number of fused-ring (bicyclic) bond motifs is 1. The molecule has 3 N–H and O–H groups in total. The number of aromatic nitrogens is 1. The molecule has 0 fully saturated rings. The number of nitrogens with two attached hydrogens (primary N) is 1. The van der Waals surface area contributed by atoms with E-state index in [0.29, 0.717) is 6.54 Å². The van der Waals surface area contributed by atoms with Crippen LogP contribution in [0, 0.1) is 6.92 Å². The molecule has 0 atom stereocenters. The molecule has 0 amide bonds. The minimum atomic E-state index is 0.612. The molecule has 3 nitrogen and oxygen atoms in total. The monoisotopic (exact) mass is 238 g/mol. The Hall–Kier alpha value is -1.19. The number of ether oxygens (including phenoxy) is 1. The van der Waals surface area contributed by atoms with Gasteiger partial charge in [0, 0.05) is 11.1 Å². The second kappa shape index (κ2) is 4.36. The number of aryl methyl sites for hydroxylation is 1. The number of hydrogen-bond acceptors (Lipinski definition) is 2. The number of halogens is 1. The molecule has 0 aliphatic carbocycles. The van der Waals surface area contributed by atoms with Gasteiger partial charge >= 0.3 is 0 Å². The normalized spacial score (nSPS) is 11.0.